The molecule has 3 aromatic rings. The zero-order valence-electron chi connectivity index (χ0n) is 15.9. The first kappa shape index (κ1) is 18.5. The maximum atomic E-state index is 13.3. The summed E-state index contributed by atoms with van der Waals surface area (Å²) in [5.74, 6) is -0.208. The summed E-state index contributed by atoms with van der Waals surface area (Å²) in [7, 11) is -3.75. The molecule has 0 aromatic heterocycles. The zero-order valence-corrected chi connectivity index (χ0v) is 17.5. The molecule has 0 bridgehead atoms. The molecule has 0 saturated carbocycles. The summed E-state index contributed by atoms with van der Waals surface area (Å²) in [5, 5.41) is 1.95. The fraction of sp³-hybridized carbons (Fsp3) is 0.227. The van der Waals surface area contributed by atoms with Crippen molar-refractivity contribution < 1.29 is 13.2 Å². The number of amides is 1. The van der Waals surface area contributed by atoms with Gasteiger partial charge in [0.25, 0.3) is 10.0 Å². The fourth-order valence-electron chi connectivity index (χ4n) is 4.08. The number of fused-ring (bicyclic) bond motifs is 1. The first-order valence-electron chi connectivity index (χ1n) is 9.57. The number of nitrogens with zero attached hydrogens (tertiary/aromatic N) is 2. The molecule has 0 fully saturated rings. The molecule has 1 unspecified atom stereocenters. The SMILES string of the molecule is CC1CCN(C(=O)CN2c3cccc4cccc(c34)S2(=O)=O)c2ccccc2S1. The van der Waals surface area contributed by atoms with E-state index in [-0.39, 0.29) is 17.3 Å². The molecular formula is C22H20N2O3S2. The quantitative estimate of drug-likeness (QED) is 0.617. The molecule has 2 aliphatic rings. The van der Waals surface area contributed by atoms with Crippen molar-refractivity contribution in [3.05, 3.63) is 60.7 Å². The highest BCUT2D eigenvalue weighted by Crippen LogP contribution is 2.42. The van der Waals surface area contributed by atoms with Crippen molar-refractivity contribution in [2.45, 2.75) is 28.4 Å². The molecule has 0 N–H and O–H groups in total. The zero-order chi connectivity index (χ0) is 20.2. The van der Waals surface area contributed by atoms with Gasteiger partial charge in [-0.2, -0.15) is 0 Å². The summed E-state index contributed by atoms with van der Waals surface area (Å²) in [5.41, 5.74) is 1.44. The predicted molar refractivity (Wildman–Crippen MR) is 117 cm³/mol. The van der Waals surface area contributed by atoms with E-state index in [0.29, 0.717) is 22.9 Å². The monoisotopic (exact) mass is 424 g/mol. The Morgan fingerprint density at radius 1 is 1.03 bits per heavy atom. The largest absolute Gasteiger partial charge is 0.310 e. The Kier molecular flexibility index (Phi) is 4.33. The summed E-state index contributed by atoms with van der Waals surface area (Å²) >= 11 is 1.76. The normalized spacial score (nSPS) is 19.8. The minimum Gasteiger partial charge on any atom is -0.310 e. The van der Waals surface area contributed by atoms with Gasteiger partial charge in [-0.05, 0) is 36.1 Å². The molecule has 29 heavy (non-hydrogen) atoms. The van der Waals surface area contributed by atoms with E-state index >= 15 is 0 Å². The van der Waals surface area contributed by atoms with Crippen LogP contribution in [0.4, 0.5) is 11.4 Å². The number of carbonyl (C=O) groups is 1. The van der Waals surface area contributed by atoms with Gasteiger partial charge in [0.15, 0.2) is 0 Å². The van der Waals surface area contributed by atoms with Gasteiger partial charge in [0.1, 0.15) is 6.54 Å². The van der Waals surface area contributed by atoms with Crippen LogP contribution < -0.4 is 9.21 Å². The minimum absolute atomic E-state index is 0.205. The number of carbonyl (C=O) groups excluding carboxylic acids is 1. The summed E-state index contributed by atoms with van der Waals surface area (Å²) in [6, 6.07) is 18.6. The summed E-state index contributed by atoms with van der Waals surface area (Å²) in [4.78, 5) is 16.4. The van der Waals surface area contributed by atoms with Gasteiger partial charge in [-0.25, -0.2) is 8.42 Å². The van der Waals surface area contributed by atoms with Gasteiger partial charge in [-0.15, -0.1) is 11.8 Å². The van der Waals surface area contributed by atoms with E-state index in [2.05, 4.69) is 6.92 Å². The number of thioether (sulfide) groups is 1. The summed E-state index contributed by atoms with van der Waals surface area (Å²) in [6.07, 6.45) is 0.855. The molecule has 5 rings (SSSR count). The van der Waals surface area contributed by atoms with E-state index in [1.54, 1.807) is 34.9 Å². The van der Waals surface area contributed by atoms with Crippen molar-refractivity contribution in [1.29, 1.82) is 0 Å². The Balaban J connectivity index is 1.53. The van der Waals surface area contributed by atoms with Crippen LogP contribution in [0.1, 0.15) is 13.3 Å². The molecule has 148 valence electrons. The number of sulfonamides is 1. The average Bonchev–Trinajstić information content (AvgIpc) is 2.83. The van der Waals surface area contributed by atoms with Crippen molar-refractivity contribution in [2.24, 2.45) is 0 Å². The molecular weight excluding hydrogens is 404 g/mol. The molecule has 3 aromatic carbocycles. The fourth-order valence-corrected chi connectivity index (χ4v) is 6.86. The number of para-hydroxylation sites is 1. The van der Waals surface area contributed by atoms with Gasteiger partial charge in [0.2, 0.25) is 5.91 Å². The maximum absolute atomic E-state index is 13.3. The van der Waals surface area contributed by atoms with E-state index in [1.807, 2.05) is 42.5 Å². The van der Waals surface area contributed by atoms with Crippen LogP contribution in [-0.2, 0) is 14.8 Å². The highest BCUT2D eigenvalue weighted by atomic mass is 32.2. The average molecular weight is 425 g/mol. The van der Waals surface area contributed by atoms with Crippen LogP contribution in [0.5, 0.6) is 0 Å². The van der Waals surface area contributed by atoms with Crippen molar-refractivity contribution in [1.82, 2.24) is 0 Å². The third-order valence-corrected chi connectivity index (χ3v) is 8.54. The van der Waals surface area contributed by atoms with E-state index < -0.39 is 10.0 Å². The number of benzene rings is 3. The molecule has 2 aliphatic heterocycles. The van der Waals surface area contributed by atoms with Gasteiger partial charge >= 0.3 is 0 Å². The van der Waals surface area contributed by atoms with E-state index in [4.69, 9.17) is 0 Å². The lowest BCUT2D eigenvalue weighted by Crippen LogP contribution is -2.42. The summed E-state index contributed by atoms with van der Waals surface area (Å²) in [6.45, 7) is 2.52. The minimum atomic E-state index is -3.75. The van der Waals surface area contributed by atoms with Gasteiger partial charge in [0, 0.05) is 22.1 Å². The van der Waals surface area contributed by atoms with Gasteiger partial charge in [-0.1, -0.05) is 43.3 Å². The lowest BCUT2D eigenvalue weighted by molar-refractivity contribution is -0.117. The van der Waals surface area contributed by atoms with Crippen LogP contribution in [0.2, 0.25) is 0 Å². The van der Waals surface area contributed by atoms with Crippen molar-refractivity contribution in [3.8, 4) is 0 Å². The summed E-state index contributed by atoms with van der Waals surface area (Å²) < 4.78 is 27.7. The van der Waals surface area contributed by atoms with Crippen molar-refractivity contribution in [3.63, 3.8) is 0 Å². The Morgan fingerprint density at radius 3 is 2.59 bits per heavy atom. The molecule has 0 radical (unpaired) electrons. The Bertz CT molecular complexity index is 1230. The number of hydrogen-bond acceptors (Lipinski definition) is 4. The second-order valence-electron chi connectivity index (χ2n) is 7.37. The standard InChI is InChI=1S/C22H20N2O3S2/c1-15-12-13-23(17-8-2-3-10-19(17)28-15)21(25)14-24-18-9-4-6-16-7-5-11-20(22(16)18)29(24,26)27/h2-11,15H,12-14H2,1H3. The second-order valence-corrected chi connectivity index (χ2v) is 10.7. The van der Waals surface area contributed by atoms with Crippen LogP contribution in [0, 0.1) is 0 Å². The smallest absolute Gasteiger partial charge is 0.265 e. The third kappa shape index (κ3) is 2.91. The highest BCUT2D eigenvalue weighted by Gasteiger charge is 2.38. The van der Waals surface area contributed by atoms with Gasteiger partial charge < -0.3 is 4.90 Å². The number of anilines is 2. The molecule has 0 aliphatic carbocycles. The predicted octanol–water partition coefficient (Wildman–Crippen LogP) is 4.27. The van der Waals surface area contributed by atoms with Gasteiger partial charge in [-0.3, -0.25) is 9.10 Å². The first-order chi connectivity index (χ1) is 14.0. The number of hydrogen-bond donors (Lipinski definition) is 0. The van der Waals surface area contributed by atoms with Crippen LogP contribution in [0.3, 0.4) is 0 Å². The molecule has 0 saturated heterocycles. The van der Waals surface area contributed by atoms with Crippen molar-refractivity contribution in [2.75, 3.05) is 22.3 Å². The van der Waals surface area contributed by atoms with E-state index in [0.717, 1.165) is 22.4 Å². The molecule has 1 atom stereocenters. The Morgan fingerprint density at radius 2 is 1.76 bits per heavy atom. The highest BCUT2D eigenvalue weighted by molar-refractivity contribution is 8.00. The topological polar surface area (TPSA) is 57.7 Å². The third-order valence-electron chi connectivity index (χ3n) is 5.50. The molecule has 5 nitrogen and oxygen atoms in total. The molecule has 2 heterocycles. The lowest BCUT2D eigenvalue weighted by atomic mass is 10.1. The molecule has 7 heteroatoms. The molecule has 0 spiro atoms. The van der Waals surface area contributed by atoms with Gasteiger partial charge in [0.05, 0.1) is 16.3 Å². The molecule has 1 amide bonds. The van der Waals surface area contributed by atoms with Crippen molar-refractivity contribution >= 4 is 49.8 Å². The van der Waals surface area contributed by atoms with Crippen LogP contribution in [0.25, 0.3) is 10.8 Å². The van der Waals surface area contributed by atoms with Crippen LogP contribution in [-0.4, -0.2) is 32.7 Å². The van der Waals surface area contributed by atoms with Crippen LogP contribution in [0.15, 0.2) is 70.5 Å². The Labute approximate surface area is 174 Å². The van der Waals surface area contributed by atoms with E-state index in [9.17, 15) is 13.2 Å². The van der Waals surface area contributed by atoms with Crippen LogP contribution >= 0.6 is 11.8 Å². The Hall–Kier alpha value is -2.51. The maximum Gasteiger partial charge on any atom is 0.265 e. The first-order valence-corrected chi connectivity index (χ1v) is 11.9. The number of rotatable bonds is 2. The van der Waals surface area contributed by atoms with E-state index in [1.165, 1.54) is 4.31 Å². The second kappa shape index (κ2) is 6.78. The lowest BCUT2D eigenvalue weighted by Gasteiger charge is -2.26.